The Kier molecular flexibility index (Phi) is 1.66. The van der Waals surface area contributed by atoms with Gasteiger partial charge in [0.15, 0.2) is 0 Å². The van der Waals surface area contributed by atoms with Gasteiger partial charge in [-0.25, -0.2) is 4.39 Å². The lowest BCUT2D eigenvalue weighted by atomic mass is 9.90. The van der Waals surface area contributed by atoms with Crippen LogP contribution in [-0.2, 0) is 12.1 Å². The van der Waals surface area contributed by atoms with Crippen LogP contribution in [0.4, 0.5) is 4.39 Å². The Balaban J connectivity index is 2.09. The zero-order chi connectivity index (χ0) is 9.60. The second-order valence-corrected chi connectivity index (χ2v) is 4.16. The van der Waals surface area contributed by atoms with Crippen LogP contribution < -0.4 is 10.6 Å². The molecule has 3 heteroatoms. The summed E-state index contributed by atoms with van der Waals surface area (Å²) in [6.45, 7) is 2.81. The van der Waals surface area contributed by atoms with Crippen molar-refractivity contribution in [2.45, 2.75) is 18.5 Å². The Morgan fingerprint density at radius 2 is 2.29 bits per heavy atom. The fourth-order valence-electron chi connectivity index (χ4n) is 2.61. The van der Waals surface area contributed by atoms with Gasteiger partial charge in [-0.05, 0) is 36.2 Å². The monoisotopic (exact) mass is 192 g/mol. The molecule has 0 aromatic heterocycles. The molecule has 2 aliphatic heterocycles. The Morgan fingerprint density at radius 1 is 1.36 bits per heavy atom. The molecule has 2 nitrogen and oxygen atoms in total. The van der Waals surface area contributed by atoms with Crippen molar-refractivity contribution in [1.29, 1.82) is 0 Å². The fraction of sp³-hybridized carbons (Fsp3) is 0.455. The maximum Gasteiger partial charge on any atom is 0.123 e. The van der Waals surface area contributed by atoms with Gasteiger partial charge < -0.3 is 10.6 Å². The third kappa shape index (κ3) is 1.03. The van der Waals surface area contributed by atoms with E-state index in [0.29, 0.717) is 0 Å². The van der Waals surface area contributed by atoms with E-state index in [-0.39, 0.29) is 11.4 Å². The minimum atomic E-state index is -0.131. The van der Waals surface area contributed by atoms with Crippen molar-refractivity contribution in [3.8, 4) is 0 Å². The molecule has 1 atom stereocenters. The molecule has 2 aliphatic rings. The molecule has 1 unspecified atom stereocenters. The van der Waals surface area contributed by atoms with Gasteiger partial charge in [0.25, 0.3) is 0 Å². The van der Waals surface area contributed by atoms with Crippen LogP contribution >= 0.6 is 0 Å². The third-order valence-electron chi connectivity index (χ3n) is 3.36. The lowest BCUT2D eigenvalue weighted by Crippen LogP contribution is -2.38. The van der Waals surface area contributed by atoms with E-state index in [2.05, 4.69) is 10.6 Å². The molecular formula is C11H13FN2. The molecule has 1 spiro atoms. The predicted molar refractivity (Wildman–Crippen MR) is 52.4 cm³/mol. The maximum atomic E-state index is 13.0. The van der Waals surface area contributed by atoms with Gasteiger partial charge in [0.2, 0.25) is 0 Å². The standard InChI is InChI=1S/C11H13FN2/c12-9-1-2-10-8(5-9)6-14-11(10)3-4-13-7-11/h1-2,5,13-14H,3-4,6-7H2. The van der Waals surface area contributed by atoms with E-state index in [0.717, 1.165) is 31.6 Å². The molecule has 1 aromatic rings. The number of rotatable bonds is 0. The zero-order valence-electron chi connectivity index (χ0n) is 7.94. The van der Waals surface area contributed by atoms with E-state index in [1.807, 2.05) is 6.07 Å². The lowest BCUT2D eigenvalue weighted by molar-refractivity contribution is 0.399. The number of hydrogen-bond acceptors (Lipinski definition) is 2. The van der Waals surface area contributed by atoms with Gasteiger partial charge >= 0.3 is 0 Å². The lowest BCUT2D eigenvalue weighted by Gasteiger charge is -2.23. The summed E-state index contributed by atoms with van der Waals surface area (Å²) in [5.41, 5.74) is 2.49. The molecule has 14 heavy (non-hydrogen) atoms. The van der Waals surface area contributed by atoms with Crippen LogP contribution in [0.3, 0.4) is 0 Å². The summed E-state index contributed by atoms with van der Waals surface area (Å²) in [6, 6.07) is 5.14. The Labute approximate surface area is 82.5 Å². The average molecular weight is 192 g/mol. The first-order chi connectivity index (χ1) is 6.80. The molecule has 0 amide bonds. The highest BCUT2D eigenvalue weighted by molar-refractivity contribution is 5.39. The number of fused-ring (bicyclic) bond motifs is 2. The van der Waals surface area contributed by atoms with Gasteiger partial charge in [-0.1, -0.05) is 6.07 Å². The van der Waals surface area contributed by atoms with Gasteiger partial charge in [-0.3, -0.25) is 0 Å². The molecule has 1 fully saturated rings. The predicted octanol–water partition coefficient (Wildman–Crippen LogP) is 1.12. The van der Waals surface area contributed by atoms with Crippen LogP contribution in [-0.4, -0.2) is 13.1 Å². The second-order valence-electron chi connectivity index (χ2n) is 4.16. The zero-order valence-corrected chi connectivity index (χ0v) is 7.94. The first-order valence-electron chi connectivity index (χ1n) is 5.05. The SMILES string of the molecule is Fc1ccc2c(c1)CNC21CCNC1. The summed E-state index contributed by atoms with van der Waals surface area (Å²) >= 11 is 0. The molecule has 74 valence electrons. The van der Waals surface area contributed by atoms with Crippen molar-refractivity contribution in [2.75, 3.05) is 13.1 Å². The number of benzene rings is 1. The van der Waals surface area contributed by atoms with Gasteiger partial charge in [0.1, 0.15) is 5.82 Å². The molecule has 0 saturated carbocycles. The Morgan fingerprint density at radius 3 is 3.07 bits per heavy atom. The highest BCUT2D eigenvalue weighted by atomic mass is 19.1. The summed E-state index contributed by atoms with van der Waals surface area (Å²) in [5.74, 6) is -0.131. The van der Waals surface area contributed by atoms with Crippen LogP contribution in [0.15, 0.2) is 18.2 Å². The summed E-state index contributed by atoms with van der Waals surface area (Å²) in [6.07, 6.45) is 1.10. The topological polar surface area (TPSA) is 24.1 Å². The second kappa shape index (κ2) is 2.78. The Bertz CT molecular complexity index is 370. The number of halogens is 1. The molecule has 3 rings (SSSR count). The van der Waals surface area contributed by atoms with Crippen molar-refractivity contribution < 1.29 is 4.39 Å². The van der Waals surface area contributed by atoms with E-state index in [9.17, 15) is 4.39 Å². The van der Waals surface area contributed by atoms with Crippen LogP contribution in [0.25, 0.3) is 0 Å². The maximum absolute atomic E-state index is 13.0. The molecule has 2 N–H and O–H groups in total. The summed E-state index contributed by atoms with van der Waals surface area (Å²) < 4.78 is 13.0. The van der Waals surface area contributed by atoms with Crippen LogP contribution in [0, 0.1) is 5.82 Å². The molecule has 0 radical (unpaired) electrons. The van der Waals surface area contributed by atoms with Gasteiger partial charge in [0.05, 0.1) is 5.54 Å². The highest BCUT2D eigenvalue weighted by Gasteiger charge is 2.40. The van der Waals surface area contributed by atoms with E-state index in [1.165, 1.54) is 5.56 Å². The van der Waals surface area contributed by atoms with Crippen molar-refractivity contribution >= 4 is 0 Å². The van der Waals surface area contributed by atoms with Gasteiger partial charge in [-0.2, -0.15) is 0 Å². The van der Waals surface area contributed by atoms with E-state index < -0.39 is 0 Å². The van der Waals surface area contributed by atoms with Gasteiger partial charge in [0, 0.05) is 13.1 Å². The largest absolute Gasteiger partial charge is 0.314 e. The number of nitrogens with one attached hydrogen (secondary N) is 2. The summed E-state index contributed by atoms with van der Waals surface area (Å²) in [7, 11) is 0. The quantitative estimate of drug-likeness (QED) is 0.643. The summed E-state index contributed by atoms with van der Waals surface area (Å²) in [4.78, 5) is 0. The van der Waals surface area contributed by atoms with E-state index in [4.69, 9.17) is 0 Å². The first-order valence-corrected chi connectivity index (χ1v) is 5.05. The molecule has 1 saturated heterocycles. The van der Waals surface area contributed by atoms with Gasteiger partial charge in [-0.15, -0.1) is 0 Å². The van der Waals surface area contributed by atoms with Crippen molar-refractivity contribution in [2.24, 2.45) is 0 Å². The summed E-state index contributed by atoms with van der Waals surface area (Å²) in [5, 5.41) is 6.85. The molecule has 2 heterocycles. The van der Waals surface area contributed by atoms with Crippen LogP contribution in [0.5, 0.6) is 0 Å². The first kappa shape index (κ1) is 8.38. The minimum absolute atomic E-state index is 0.0863. The fourth-order valence-corrected chi connectivity index (χ4v) is 2.61. The van der Waals surface area contributed by atoms with E-state index >= 15 is 0 Å². The minimum Gasteiger partial charge on any atom is -0.314 e. The van der Waals surface area contributed by atoms with Crippen molar-refractivity contribution in [3.63, 3.8) is 0 Å². The van der Waals surface area contributed by atoms with Crippen LogP contribution in [0.2, 0.25) is 0 Å². The smallest absolute Gasteiger partial charge is 0.123 e. The van der Waals surface area contributed by atoms with Crippen LogP contribution in [0.1, 0.15) is 17.5 Å². The molecule has 0 aliphatic carbocycles. The third-order valence-corrected chi connectivity index (χ3v) is 3.36. The Hall–Kier alpha value is -0.930. The molecular weight excluding hydrogens is 179 g/mol. The normalized spacial score (nSPS) is 29.8. The van der Waals surface area contributed by atoms with Crippen molar-refractivity contribution in [3.05, 3.63) is 35.1 Å². The van der Waals surface area contributed by atoms with Crippen molar-refractivity contribution in [1.82, 2.24) is 10.6 Å². The number of hydrogen-bond donors (Lipinski definition) is 2. The average Bonchev–Trinajstić information content (AvgIpc) is 2.77. The molecule has 0 bridgehead atoms. The molecule has 1 aromatic carbocycles. The highest BCUT2D eigenvalue weighted by Crippen LogP contribution is 2.35. The van der Waals surface area contributed by atoms with E-state index in [1.54, 1.807) is 12.1 Å².